The summed E-state index contributed by atoms with van der Waals surface area (Å²) in [6, 6.07) is 8.38. The van der Waals surface area contributed by atoms with Gasteiger partial charge < -0.3 is 15.0 Å². The Morgan fingerprint density at radius 1 is 1.14 bits per heavy atom. The van der Waals surface area contributed by atoms with Crippen molar-refractivity contribution in [3.05, 3.63) is 59.2 Å². The number of halogens is 2. The van der Waals surface area contributed by atoms with Crippen molar-refractivity contribution in [3.8, 4) is 5.75 Å². The highest BCUT2D eigenvalue weighted by molar-refractivity contribution is 5.91. The van der Waals surface area contributed by atoms with E-state index in [1.807, 2.05) is 20.8 Å². The molecule has 0 aromatic heterocycles. The Labute approximate surface area is 168 Å². The van der Waals surface area contributed by atoms with Gasteiger partial charge in [0.2, 0.25) is 5.91 Å². The Balaban J connectivity index is 1.78. The van der Waals surface area contributed by atoms with Crippen LogP contribution in [0.4, 0.5) is 14.5 Å². The highest BCUT2D eigenvalue weighted by Crippen LogP contribution is 2.28. The van der Waals surface area contributed by atoms with Gasteiger partial charge >= 0.3 is 0 Å². The van der Waals surface area contributed by atoms with Crippen LogP contribution < -0.4 is 10.1 Å². The molecule has 154 valence electrons. The number of anilines is 1. The lowest BCUT2D eigenvalue weighted by Crippen LogP contribution is -2.32. The van der Waals surface area contributed by atoms with Crippen LogP contribution >= 0.6 is 0 Å². The second kappa shape index (κ2) is 8.19. The Morgan fingerprint density at radius 2 is 1.83 bits per heavy atom. The lowest BCUT2D eigenvalue weighted by atomic mass is 9.92. The minimum atomic E-state index is -0.692. The SMILES string of the molecule is CC(C)(C)CC(=O)Nc1ccc2c(c1)CN(Cc1cc(F)cc(F)c1)C(=O)CO2. The number of hydrogen-bond acceptors (Lipinski definition) is 3. The van der Waals surface area contributed by atoms with Gasteiger partial charge in [0, 0.05) is 36.8 Å². The Kier molecular flexibility index (Phi) is 5.86. The summed E-state index contributed by atoms with van der Waals surface area (Å²) in [7, 11) is 0. The molecule has 1 N–H and O–H groups in total. The maximum absolute atomic E-state index is 13.5. The van der Waals surface area contributed by atoms with E-state index in [1.165, 1.54) is 17.0 Å². The van der Waals surface area contributed by atoms with E-state index >= 15 is 0 Å². The number of rotatable bonds is 4. The Bertz CT molecular complexity index is 918. The highest BCUT2D eigenvalue weighted by atomic mass is 19.1. The van der Waals surface area contributed by atoms with Crippen LogP contribution in [0.5, 0.6) is 5.75 Å². The fourth-order valence-electron chi connectivity index (χ4n) is 3.20. The molecule has 29 heavy (non-hydrogen) atoms. The fraction of sp³-hybridized carbons (Fsp3) is 0.364. The first-order valence-corrected chi connectivity index (χ1v) is 9.37. The average Bonchev–Trinajstić information content (AvgIpc) is 2.71. The van der Waals surface area contributed by atoms with E-state index < -0.39 is 11.6 Å². The number of hydrogen-bond donors (Lipinski definition) is 1. The molecule has 0 aliphatic carbocycles. The molecular formula is C22H24F2N2O3. The summed E-state index contributed by atoms with van der Waals surface area (Å²) < 4.78 is 32.5. The van der Waals surface area contributed by atoms with Crippen molar-refractivity contribution in [3.63, 3.8) is 0 Å². The van der Waals surface area contributed by atoms with Crippen LogP contribution in [0.2, 0.25) is 0 Å². The van der Waals surface area contributed by atoms with E-state index in [9.17, 15) is 18.4 Å². The zero-order valence-corrected chi connectivity index (χ0v) is 16.7. The Morgan fingerprint density at radius 3 is 2.48 bits per heavy atom. The molecule has 1 aliphatic rings. The average molecular weight is 402 g/mol. The summed E-state index contributed by atoms with van der Waals surface area (Å²) in [5.74, 6) is -1.23. The molecule has 5 nitrogen and oxygen atoms in total. The third-order valence-corrected chi connectivity index (χ3v) is 4.40. The molecule has 3 rings (SSSR count). The molecule has 7 heteroatoms. The molecule has 0 radical (unpaired) electrons. The maximum Gasteiger partial charge on any atom is 0.261 e. The van der Waals surface area contributed by atoms with Gasteiger partial charge in [0.05, 0.1) is 0 Å². The molecule has 0 atom stereocenters. The molecular weight excluding hydrogens is 378 g/mol. The van der Waals surface area contributed by atoms with Gasteiger partial charge in [-0.25, -0.2) is 8.78 Å². The van der Waals surface area contributed by atoms with E-state index in [2.05, 4.69) is 5.32 Å². The van der Waals surface area contributed by atoms with Gasteiger partial charge in [-0.3, -0.25) is 9.59 Å². The number of carbonyl (C=O) groups excluding carboxylic acids is 2. The van der Waals surface area contributed by atoms with E-state index in [4.69, 9.17) is 4.74 Å². The van der Waals surface area contributed by atoms with Gasteiger partial charge in [-0.2, -0.15) is 0 Å². The van der Waals surface area contributed by atoms with E-state index in [0.717, 1.165) is 6.07 Å². The van der Waals surface area contributed by atoms with E-state index in [1.54, 1.807) is 18.2 Å². The van der Waals surface area contributed by atoms with Crippen molar-refractivity contribution < 1.29 is 23.1 Å². The van der Waals surface area contributed by atoms with Crippen LogP contribution in [0.25, 0.3) is 0 Å². The van der Waals surface area contributed by atoms with E-state index in [0.29, 0.717) is 29.0 Å². The summed E-state index contributed by atoms with van der Waals surface area (Å²) in [6.45, 7) is 6.04. The van der Waals surface area contributed by atoms with Gasteiger partial charge in [-0.05, 0) is 41.3 Å². The molecule has 0 fully saturated rings. The zero-order valence-electron chi connectivity index (χ0n) is 16.7. The number of ether oxygens (including phenoxy) is 1. The van der Waals surface area contributed by atoms with Crippen LogP contribution in [0.15, 0.2) is 36.4 Å². The van der Waals surface area contributed by atoms with Crippen LogP contribution in [0.1, 0.15) is 38.3 Å². The van der Waals surface area contributed by atoms with Gasteiger partial charge in [0.25, 0.3) is 5.91 Å². The van der Waals surface area contributed by atoms with Crippen molar-refractivity contribution >= 4 is 17.5 Å². The van der Waals surface area contributed by atoms with Gasteiger partial charge in [0.1, 0.15) is 17.4 Å². The lowest BCUT2D eigenvalue weighted by Gasteiger charge is -2.21. The second-order valence-corrected chi connectivity index (χ2v) is 8.42. The smallest absolute Gasteiger partial charge is 0.261 e. The highest BCUT2D eigenvalue weighted by Gasteiger charge is 2.23. The molecule has 2 aromatic rings. The molecule has 0 spiro atoms. The van der Waals surface area contributed by atoms with Crippen LogP contribution in [0.3, 0.4) is 0 Å². The summed E-state index contributed by atoms with van der Waals surface area (Å²) >= 11 is 0. The first-order chi connectivity index (χ1) is 13.6. The second-order valence-electron chi connectivity index (χ2n) is 8.42. The van der Waals surface area contributed by atoms with Crippen molar-refractivity contribution in [1.29, 1.82) is 0 Å². The normalized spacial score (nSPS) is 14.1. The van der Waals surface area contributed by atoms with Crippen molar-refractivity contribution in [2.75, 3.05) is 11.9 Å². The minimum absolute atomic E-state index is 0.0525. The summed E-state index contributed by atoms with van der Waals surface area (Å²) in [4.78, 5) is 26.1. The largest absolute Gasteiger partial charge is 0.483 e. The predicted molar refractivity (Wildman–Crippen MR) is 105 cm³/mol. The van der Waals surface area contributed by atoms with Crippen LogP contribution in [0, 0.1) is 17.0 Å². The van der Waals surface area contributed by atoms with Crippen molar-refractivity contribution in [2.24, 2.45) is 5.41 Å². The van der Waals surface area contributed by atoms with E-state index in [-0.39, 0.29) is 36.9 Å². The topological polar surface area (TPSA) is 58.6 Å². The third kappa shape index (κ3) is 5.76. The van der Waals surface area contributed by atoms with Gasteiger partial charge in [-0.15, -0.1) is 0 Å². The molecule has 2 amide bonds. The number of fused-ring (bicyclic) bond motifs is 1. The molecule has 1 heterocycles. The monoisotopic (exact) mass is 402 g/mol. The fourth-order valence-corrected chi connectivity index (χ4v) is 3.20. The molecule has 0 unspecified atom stereocenters. The number of amides is 2. The summed E-state index contributed by atoms with van der Waals surface area (Å²) in [6.07, 6.45) is 0.371. The summed E-state index contributed by atoms with van der Waals surface area (Å²) in [5.41, 5.74) is 1.53. The molecule has 0 bridgehead atoms. The first kappa shape index (κ1) is 20.8. The number of benzene rings is 2. The molecule has 2 aromatic carbocycles. The first-order valence-electron chi connectivity index (χ1n) is 9.37. The van der Waals surface area contributed by atoms with Gasteiger partial charge in [0.15, 0.2) is 6.61 Å². The zero-order chi connectivity index (χ0) is 21.2. The number of nitrogens with one attached hydrogen (secondary N) is 1. The number of carbonyl (C=O) groups is 2. The standard InChI is InChI=1S/C22H24F2N2O3/c1-22(2,3)10-20(27)25-18-4-5-19-15(8-18)12-26(21(28)13-29-19)11-14-6-16(23)9-17(24)7-14/h4-9H,10-13H2,1-3H3,(H,25,27). The lowest BCUT2D eigenvalue weighted by molar-refractivity contribution is -0.133. The molecule has 0 saturated carbocycles. The summed E-state index contributed by atoms with van der Waals surface area (Å²) in [5, 5.41) is 2.86. The van der Waals surface area contributed by atoms with Crippen LogP contribution in [-0.4, -0.2) is 23.3 Å². The molecule has 1 aliphatic heterocycles. The van der Waals surface area contributed by atoms with Crippen molar-refractivity contribution in [2.45, 2.75) is 40.3 Å². The molecule has 0 saturated heterocycles. The van der Waals surface area contributed by atoms with Gasteiger partial charge in [-0.1, -0.05) is 20.8 Å². The maximum atomic E-state index is 13.5. The third-order valence-electron chi connectivity index (χ3n) is 4.40. The minimum Gasteiger partial charge on any atom is -0.483 e. The Hall–Kier alpha value is -2.96. The van der Waals surface area contributed by atoms with Crippen LogP contribution in [-0.2, 0) is 22.7 Å². The predicted octanol–water partition coefficient (Wildman–Crippen LogP) is 4.26. The van der Waals surface area contributed by atoms with Crippen molar-refractivity contribution in [1.82, 2.24) is 4.90 Å². The quantitative estimate of drug-likeness (QED) is 0.831. The number of nitrogens with zero attached hydrogens (tertiary/aromatic N) is 1.